The second-order valence-corrected chi connectivity index (χ2v) is 16.8. The molecule has 20 heteroatoms. The summed E-state index contributed by atoms with van der Waals surface area (Å²) in [6.07, 6.45) is 1.64. The van der Waals surface area contributed by atoms with Crippen LogP contribution in [-0.2, 0) is 38.1 Å². The van der Waals surface area contributed by atoms with Gasteiger partial charge in [-0.3, -0.25) is 38.4 Å². The maximum atomic E-state index is 14.0. The van der Waals surface area contributed by atoms with Gasteiger partial charge in [0.1, 0.15) is 36.7 Å². The van der Waals surface area contributed by atoms with Crippen molar-refractivity contribution < 1.29 is 57.3 Å². The summed E-state index contributed by atoms with van der Waals surface area (Å²) < 4.78 is 21.8. The number of para-hydroxylation sites is 2. The Labute approximate surface area is 406 Å². The molecule has 360 valence electrons. The minimum Gasteiger partial charge on any atom is -0.464 e. The maximum absolute atomic E-state index is 14.0. The number of hydrogen-bond donors (Lipinski definition) is 5. The molecule has 0 radical (unpaired) electrons. The number of nitrogen functional groups attached to an aromatic ring is 1. The van der Waals surface area contributed by atoms with Gasteiger partial charge in [-0.05, 0) is 84.3 Å². The summed E-state index contributed by atoms with van der Waals surface area (Å²) in [4.78, 5) is 110. The highest BCUT2D eigenvalue weighted by Crippen LogP contribution is 2.29. The first-order valence-electron chi connectivity index (χ1n) is 21.0. The zero-order valence-corrected chi connectivity index (χ0v) is 40.0. The largest absolute Gasteiger partial charge is 0.464 e. The molecular formula is C49H50N6O12S2. The summed E-state index contributed by atoms with van der Waals surface area (Å²) in [5.41, 5.74) is 6.54. The molecule has 5 rings (SSSR count). The second kappa shape index (κ2) is 24.9. The van der Waals surface area contributed by atoms with E-state index < -0.39 is 71.8 Å². The lowest BCUT2D eigenvalue weighted by atomic mass is 10.0. The van der Waals surface area contributed by atoms with Crippen LogP contribution < -0.4 is 27.0 Å². The zero-order valence-electron chi connectivity index (χ0n) is 38.4. The summed E-state index contributed by atoms with van der Waals surface area (Å²) in [6.45, 7) is 4.07. The molecule has 0 spiro atoms. The Morgan fingerprint density at radius 2 is 0.884 bits per heavy atom. The Hall–Kier alpha value is -7.71. The number of amides is 4. The number of hydrogen-bond acceptors (Lipinski definition) is 16. The first kappa shape index (κ1) is 52.3. The molecule has 0 fully saturated rings. The fourth-order valence-electron chi connectivity index (χ4n) is 6.76. The van der Waals surface area contributed by atoms with Gasteiger partial charge in [0.15, 0.2) is 12.2 Å². The lowest BCUT2D eigenvalue weighted by Gasteiger charge is -2.28. The van der Waals surface area contributed by atoms with Gasteiger partial charge >= 0.3 is 23.9 Å². The average molecular weight is 979 g/mol. The van der Waals surface area contributed by atoms with Crippen molar-refractivity contribution in [1.29, 1.82) is 0 Å². The molecule has 4 atom stereocenters. The number of carbonyl (C=O) groups excluding carboxylic acids is 8. The average Bonchev–Trinajstić information content (AvgIpc) is 3.32. The molecule has 0 saturated carbocycles. The molecule has 0 aliphatic rings. The van der Waals surface area contributed by atoms with Crippen molar-refractivity contribution in [3.05, 3.63) is 143 Å². The van der Waals surface area contributed by atoms with Crippen molar-refractivity contribution in [3.8, 4) is 0 Å². The molecule has 0 aliphatic heterocycles. The third-order valence-corrected chi connectivity index (χ3v) is 11.4. The van der Waals surface area contributed by atoms with E-state index >= 15 is 0 Å². The van der Waals surface area contributed by atoms with E-state index in [2.05, 4.69) is 26.3 Å². The molecule has 0 saturated heterocycles. The van der Waals surface area contributed by atoms with Crippen LogP contribution in [0.2, 0.25) is 0 Å². The quantitative estimate of drug-likeness (QED) is 0.0315. The van der Waals surface area contributed by atoms with Gasteiger partial charge in [-0.25, -0.2) is 4.98 Å². The number of aromatic nitrogens is 1. The fraction of sp³-hybridized carbons (Fsp3) is 0.245. The van der Waals surface area contributed by atoms with E-state index in [1.807, 2.05) is 36.8 Å². The summed E-state index contributed by atoms with van der Waals surface area (Å²) in [6, 6.07) is 26.4. The molecule has 4 aromatic carbocycles. The van der Waals surface area contributed by atoms with Crippen molar-refractivity contribution in [3.63, 3.8) is 0 Å². The molecule has 6 N–H and O–H groups in total. The van der Waals surface area contributed by atoms with Crippen LogP contribution in [-0.4, -0.2) is 90.3 Å². The normalized spacial score (nSPS) is 12.4. The molecular weight excluding hydrogens is 929 g/mol. The van der Waals surface area contributed by atoms with Crippen molar-refractivity contribution in [2.45, 2.75) is 61.8 Å². The van der Waals surface area contributed by atoms with Gasteiger partial charge in [0.05, 0.1) is 22.5 Å². The van der Waals surface area contributed by atoms with Crippen molar-refractivity contribution in [1.82, 2.24) is 15.6 Å². The number of carbonyl (C=O) groups is 8. The summed E-state index contributed by atoms with van der Waals surface area (Å²) in [7, 11) is 0. The molecule has 4 amide bonds. The van der Waals surface area contributed by atoms with Crippen molar-refractivity contribution >= 4 is 88.1 Å². The lowest BCUT2D eigenvalue weighted by Crippen LogP contribution is -2.44. The lowest BCUT2D eigenvalue weighted by molar-refractivity contribution is -0.152. The number of nitrogens with one attached hydrogen (secondary N) is 4. The summed E-state index contributed by atoms with van der Waals surface area (Å²) >= 11 is 3.00. The van der Waals surface area contributed by atoms with Crippen LogP contribution in [0, 0.1) is 0 Å². The second-order valence-electron chi connectivity index (χ2n) is 15.0. The van der Waals surface area contributed by atoms with Crippen molar-refractivity contribution in [2.75, 3.05) is 42.1 Å². The van der Waals surface area contributed by atoms with Crippen LogP contribution in [0.5, 0.6) is 0 Å². The number of nitrogens with two attached hydrogens (primary N) is 1. The summed E-state index contributed by atoms with van der Waals surface area (Å²) in [5, 5.41) is 10.8. The number of ether oxygens (including phenoxy) is 4. The zero-order chi connectivity index (χ0) is 50.2. The summed E-state index contributed by atoms with van der Waals surface area (Å²) in [5.74, 6) is -5.75. The fourth-order valence-corrected chi connectivity index (χ4v) is 7.58. The highest BCUT2D eigenvalue weighted by Gasteiger charge is 2.32. The number of pyridine rings is 1. The first-order chi connectivity index (χ1) is 33.0. The standard InChI is InChI=1S/C49H50N6O12S2/c1-27(56)64-25-42(44(66-29(3)58)31-15-19-34(68-5)20-16-31)54-46(60)36-11-7-9-13-38(36)52-48(62)40-23-33(50)24-41(51-40)49(63)53-39-14-10-8-12-37(39)47(61)55-43(26-65-28(2)57)45(67-30(4)59)32-17-21-35(69-6)22-18-32/h7-24,42-45H,25-26H2,1-6H3,(H2,50,51)(H,52,62)(H,53,63)(H,54,60)(H,55,61)/t42-,43-,44-,45-/m0/s1. The van der Waals surface area contributed by atoms with Crippen molar-refractivity contribution in [2.24, 2.45) is 0 Å². The molecule has 1 heterocycles. The number of thioether (sulfide) groups is 2. The van der Waals surface area contributed by atoms with Crippen LogP contribution in [0.1, 0.15) is 92.7 Å². The number of benzene rings is 4. The predicted octanol–water partition coefficient (Wildman–Crippen LogP) is 6.54. The van der Waals surface area contributed by atoms with Crippen LogP contribution in [0.25, 0.3) is 0 Å². The van der Waals surface area contributed by atoms with Gasteiger partial charge in [-0.1, -0.05) is 48.5 Å². The van der Waals surface area contributed by atoms with Gasteiger partial charge in [0.25, 0.3) is 23.6 Å². The van der Waals surface area contributed by atoms with E-state index in [9.17, 15) is 38.4 Å². The van der Waals surface area contributed by atoms with E-state index in [0.29, 0.717) is 11.1 Å². The van der Waals surface area contributed by atoms with Crippen LogP contribution in [0.15, 0.2) is 119 Å². The third-order valence-electron chi connectivity index (χ3n) is 9.92. The Morgan fingerprint density at radius 1 is 0.522 bits per heavy atom. The van der Waals surface area contributed by atoms with Crippen LogP contribution in [0.4, 0.5) is 17.1 Å². The number of esters is 4. The van der Waals surface area contributed by atoms with Gasteiger partial charge < -0.3 is 45.9 Å². The molecule has 0 unspecified atom stereocenters. The topological polar surface area (TPSA) is 261 Å². The van der Waals surface area contributed by atoms with E-state index in [1.54, 1.807) is 48.5 Å². The molecule has 18 nitrogen and oxygen atoms in total. The number of anilines is 3. The Kier molecular flexibility index (Phi) is 18.8. The Morgan fingerprint density at radius 3 is 1.22 bits per heavy atom. The van der Waals surface area contributed by atoms with Gasteiger partial charge in [-0.2, -0.15) is 0 Å². The SMILES string of the molecule is CSc1ccc([C@H](OC(C)=O)[C@H](COC(C)=O)NC(=O)c2ccccc2NC(=O)c2cc(N)cc(C(=O)Nc3ccccc3C(=O)N[C@@H](COC(C)=O)[C@@H](OC(C)=O)c3ccc(SC)cc3)n2)cc1. The number of rotatable bonds is 20. The Bertz CT molecular complexity index is 2520. The highest BCUT2D eigenvalue weighted by atomic mass is 32.2. The minimum atomic E-state index is -1.08. The van der Waals surface area contributed by atoms with Crippen LogP contribution >= 0.6 is 23.5 Å². The molecule has 1 aromatic heterocycles. The smallest absolute Gasteiger partial charge is 0.303 e. The van der Waals surface area contributed by atoms with Crippen LogP contribution in [0.3, 0.4) is 0 Å². The maximum Gasteiger partial charge on any atom is 0.303 e. The van der Waals surface area contributed by atoms with E-state index in [4.69, 9.17) is 24.7 Å². The first-order valence-corrected chi connectivity index (χ1v) is 23.5. The van der Waals surface area contributed by atoms with Gasteiger partial charge in [-0.15, -0.1) is 23.5 Å². The Balaban J connectivity index is 1.36. The van der Waals surface area contributed by atoms with E-state index in [1.165, 1.54) is 87.6 Å². The molecule has 5 aromatic rings. The molecule has 0 bridgehead atoms. The molecule has 0 aliphatic carbocycles. The van der Waals surface area contributed by atoms with E-state index in [-0.39, 0.29) is 52.8 Å². The predicted molar refractivity (Wildman–Crippen MR) is 259 cm³/mol. The third kappa shape index (κ3) is 15.1. The minimum absolute atomic E-state index is 0.0229. The number of nitrogens with zero attached hydrogens (tertiary/aromatic N) is 1. The van der Waals surface area contributed by atoms with Gasteiger partial charge in [0.2, 0.25) is 0 Å². The van der Waals surface area contributed by atoms with E-state index in [0.717, 1.165) is 9.79 Å². The monoisotopic (exact) mass is 978 g/mol. The molecule has 69 heavy (non-hydrogen) atoms. The highest BCUT2D eigenvalue weighted by molar-refractivity contribution is 7.98. The van der Waals surface area contributed by atoms with Gasteiger partial charge in [0, 0.05) is 43.2 Å².